The average Bonchev–Trinajstić information content (AvgIpc) is 2.48. The van der Waals surface area contributed by atoms with Crippen molar-refractivity contribution in [3.63, 3.8) is 0 Å². The normalized spacial score (nSPS) is 25.9. The molecule has 0 spiro atoms. The van der Waals surface area contributed by atoms with Crippen molar-refractivity contribution in [2.45, 2.75) is 64.0 Å². The molecule has 0 aromatic rings. The van der Waals surface area contributed by atoms with Gasteiger partial charge in [0.2, 0.25) is 5.91 Å². The molecule has 2 atom stereocenters. The van der Waals surface area contributed by atoms with Crippen molar-refractivity contribution in [3.05, 3.63) is 0 Å². The number of halogens is 1. The molecule has 124 valence electrons. The minimum absolute atomic E-state index is 0. The summed E-state index contributed by atoms with van der Waals surface area (Å²) in [5, 5.41) is 6.53. The first-order chi connectivity index (χ1) is 9.70. The summed E-state index contributed by atoms with van der Waals surface area (Å²) in [6.45, 7) is 5.26. The lowest BCUT2D eigenvalue weighted by Gasteiger charge is -2.37. The lowest BCUT2D eigenvalue weighted by molar-refractivity contribution is -0.127. The van der Waals surface area contributed by atoms with E-state index in [1.54, 1.807) is 0 Å². The number of carbonyl (C=O) groups is 1. The number of rotatable bonds is 5. The van der Waals surface area contributed by atoms with Gasteiger partial charge in [-0.15, -0.1) is 12.4 Å². The van der Waals surface area contributed by atoms with E-state index < -0.39 is 0 Å². The third-order valence-electron chi connectivity index (χ3n) is 4.92. The number of hydrogen-bond donors (Lipinski definition) is 2. The van der Waals surface area contributed by atoms with Crippen LogP contribution in [0.25, 0.3) is 0 Å². The third kappa shape index (κ3) is 5.76. The lowest BCUT2D eigenvalue weighted by atomic mass is 9.94. The highest BCUT2D eigenvalue weighted by molar-refractivity contribution is 5.85. The maximum atomic E-state index is 12.4. The predicted molar refractivity (Wildman–Crippen MR) is 89.9 cm³/mol. The maximum absolute atomic E-state index is 12.4. The predicted octanol–water partition coefficient (Wildman–Crippen LogP) is 2.18. The lowest BCUT2D eigenvalue weighted by Crippen LogP contribution is -2.52. The second-order valence-corrected chi connectivity index (χ2v) is 6.58. The quantitative estimate of drug-likeness (QED) is 0.817. The van der Waals surface area contributed by atoms with Crippen molar-refractivity contribution in [1.29, 1.82) is 0 Å². The Morgan fingerprint density at radius 3 is 2.57 bits per heavy atom. The van der Waals surface area contributed by atoms with Crippen LogP contribution in [0.3, 0.4) is 0 Å². The average molecular weight is 318 g/mol. The summed E-state index contributed by atoms with van der Waals surface area (Å²) in [6, 6.07) is 0.452. The van der Waals surface area contributed by atoms with Crippen LogP contribution in [0.5, 0.6) is 0 Å². The van der Waals surface area contributed by atoms with Crippen LogP contribution >= 0.6 is 12.4 Å². The number of nitrogens with zero attached hydrogens (tertiary/aromatic N) is 1. The summed E-state index contributed by atoms with van der Waals surface area (Å²) in [5.41, 5.74) is 0. The zero-order valence-corrected chi connectivity index (χ0v) is 14.4. The summed E-state index contributed by atoms with van der Waals surface area (Å²) >= 11 is 0. The van der Waals surface area contributed by atoms with Gasteiger partial charge in [0.25, 0.3) is 0 Å². The summed E-state index contributed by atoms with van der Waals surface area (Å²) in [5.74, 6) is 0.931. The van der Waals surface area contributed by atoms with Gasteiger partial charge in [-0.2, -0.15) is 0 Å². The van der Waals surface area contributed by atoms with Gasteiger partial charge in [-0.05, 0) is 58.7 Å². The standard InChI is InChI=1S/C16H31N3O.ClH/c1-13(16(20)18-15-8-4-3-5-9-15)19-10-6-7-14(12-19)11-17-2;/h13-15,17H,3-12H2,1-2H3,(H,18,20);1H. The van der Waals surface area contributed by atoms with E-state index in [-0.39, 0.29) is 24.4 Å². The number of amides is 1. The third-order valence-corrected chi connectivity index (χ3v) is 4.92. The summed E-state index contributed by atoms with van der Waals surface area (Å²) in [4.78, 5) is 14.8. The van der Waals surface area contributed by atoms with E-state index in [9.17, 15) is 4.79 Å². The van der Waals surface area contributed by atoms with E-state index in [0.717, 1.165) is 19.6 Å². The Hall–Kier alpha value is -0.320. The van der Waals surface area contributed by atoms with Crippen LogP contribution < -0.4 is 10.6 Å². The van der Waals surface area contributed by atoms with Gasteiger partial charge < -0.3 is 10.6 Å². The van der Waals surface area contributed by atoms with Gasteiger partial charge in [0.1, 0.15) is 0 Å². The summed E-state index contributed by atoms with van der Waals surface area (Å²) < 4.78 is 0. The van der Waals surface area contributed by atoms with Crippen LogP contribution in [-0.4, -0.2) is 49.6 Å². The highest BCUT2D eigenvalue weighted by Crippen LogP contribution is 2.20. The number of likely N-dealkylation sites (tertiary alicyclic amines) is 1. The summed E-state index contributed by atoms with van der Waals surface area (Å²) in [7, 11) is 2.01. The molecule has 2 rings (SSSR count). The second kappa shape index (κ2) is 9.65. The number of carbonyl (C=O) groups excluding carboxylic acids is 1. The Labute approximate surface area is 135 Å². The van der Waals surface area contributed by atoms with Crippen molar-refractivity contribution in [2.24, 2.45) is 5.92 Å². The molecule has 2 unspecified atom stereocenters. The smallest absolute Gasteiger partial charge is 0.237 e. The van der Waals surface area contributed by atoms with Crippen LogP contribution in [-0.2, 0) is 4.79 Å². The number of piperidine rings is 1. The molecule has 1 saturated carbocycles. The van der Waals surface area contributed by atoms with Crippen molar-refractivity contribution in [3.8, 4) is 0 Å². The fraction of sp³-hybridized carbons (Fsp3) is 0.938. The van der Waals surface area contributed by atoms with Crippen LogP contribution in [0.4, 0.5) is 0 Å². The van der Waals surface area contributed by atoms with E-state index >= 15 is 0 Å². The zero-order chi connectivity index (χ0) is 14.4. The summed E-state index contributed by atoms with van der Waals surface area (Å²) in [6.07, 6.45) is 8.71. The Bertz CT molecular complexity index is 306. The van der Waals surface area contributed by atoms with Gasteiger partial charge in [-0.1, -0.05) is 19.3 Å². The number of nitrogens with one attached hydrogen (secondary N) is 2. The molecule has 21 heavy (non-hydrogen) atoms. The molecule has 2 aliphatic rings. The van der Waals surface area contributed by atoms with Crippen molar-refractivity contribution < 1.29 is 4.79 Å². The molecule has 1 amide bonds. The molecule has 1 aliphatic heterocycles. The van der Waals surface area contributed by atoms with Crippen molar-refractivity contribution in [1.82, 2.24) is 15.5 Å². The molecule has 1 heterocycles. The molecular formula is C16H32ClN3O. The van der Waals surface area contributed by atoms with Crippen LogP contribution in [0, 0.1) is 5.92 Å². The highest BCUT2D eigenvalue weighted by atomic mass is 35.5. The minimum atomic E-state index is 0. The fourth-order valence-electron chi connectivity index (χ4n) is 3.64. The van der Waals surface area contributed by atoms with E-state index in [4.69, 9.17) is 0 Å². The Balaban J connectivity index is 0.00000220. The van der Waals surface area contributed by atoms with E-state index in [0.29, 0.717) is 12.0 Å². The molecule has 5 heteroatoms. The van der Waals surface area contributed by atoms with Crippen molar-refractivity contribution >= 4 is 18.3 Å². The van der Waals surface area contributed by atoms with E-state index in [2.05, 4.69) is 22.5 Å². The fourth-order valence-corrected chi connectivity index (χ4v) is 3.64. The highest BCUT2D eigenvalue weighted by Gasteiger charge is 2.28. The molecule has 0 radical (unpaired) electrons. The first kappa shape index (κ1) is 18.7. The van der Waals surface area contributed by atoms with Crippen LogP contribution in [0.2, 0.25) is 0 Å². The van der Waals surface area contributed by atoms with E-state index in [1.807, 2.05) is 7.05 Å². The van der Waals surface area contributed by atoms with Gasteiger partial charge >= 0.3 is 0 Å². The van der Waals surface area contributed by atoms with Gasteiger partial charge in [-0.25, -0.2) is 0 Å². The van der Waals surface area contributed by atoms with Gasteiger partial charge in [0.05, 0.1) is 6.04 Å². The van der Waals surface area contributed by atoms with Crippen LogP contribution in [0.1, 0.15) is 51.9 Å². The Kier molecular flexibility index (Phi) is 8.60. The van der Waals surface area contributed by atoms with Crippen molar-refractivity contribution in [2.75, 3.05) is 26.7 Å². The first-order valence-corrected chi connectivity index (χ1v) is 8.39. The zero-order valence-electron chi connectivity index (χ0n) is 13.6. The molecular weight excluding hydrogens is 286 g/mol. The Morgan fingerprint density at radius 2 is 1.90 bits per heavy atom. The topological polar surface area (TPSA) is 44.4 Å². The van der Waals surface area contributed by atoms with Gasteiger partial charge in [0.15, 0.2) is 0 Å². The van der Waals surface area contributed by atoms with E-state index in [1.165, 1.54) is 44.9 Å². The van der Waals surface area contributed by atoms with Gasteiger partial charge in [0, 0.05) is 12.6 Å². The molecule has 4 nitrogen and oxygen atoms in total. The van der Waals surface area contributed by atoms with Gasteiger partial charge in [-0.3, -0.25) is 9.69 Å². The Morgan fingerprint density at radius 1 is 1.19 bits per heavy atom. The minimum Gasteiger partial charge on any atom is -0.352 e. The molecule has 0 aromatic carbocycles. The second-order valence-electron chi connectivity index (χ2n) is 6.58. The largest absolute Gasteiger partial charge is 0.352 e. The molecule has 1 saturated heterocycles. The maximum Gasteiger partial charge on any atom is 0.237 e. The molecule has 2 N–H and O–H groups in total. The molecule has 0 bridgehead atoms. The molecule has 2 fully saturated rings. The number of hydrogen-bond acceptors (Lipinski definition) is 3. The monoisotopic (exact) mass is 317 g/mol. The first-order valence-electron chi connectivity index (χ1n) is 8.39. The SMILES string of the molecule is CNCC1CCCN(C(C)C(=O)NC2CCCCC2)C1.Cl. The molecule has 0 aromatic heterocycles. The van der Waals surface area contributed by atoms with Crippen LogP contribution in [0.15, 0.2) is 0 Å². The molecule has 1 aliphatic carbocycles.